The maximum Gasteiger partial charge on any atom is 0.295 e. The first kappa shape index (κ1) is 20.9. The predicted molar refractivity (Wildman–Crippen MR) is 114 cm³/mol. The van der Waals surface area contributed by atoms with Crippen molar-refractivity contribution in [2.24, 2.45) is 0 Å². The number of non-ortho nitro benzene ring substituents is 1. The van der Waals surface area contributed by atoms with E-state index in [4.69, 9.17) is 0 Å². The lowest BCUT2D eigenvalue weighted by Gasteiger charge is -2.25. The van der Waals surface area contributed by atoms with Gasteiger partial charge in [-0.2, -0.15) is 0 Å². The maximum atomic E-state index is 13.5. The van der Waals surface area contributed by atoms with E-state index in [0.717, 1.165) is 5.56 Å². The van der Waals surface area contributed by atoms with Gasteiger partial charge in [-0.1, -0.05) is 42.5 Å². The molecule has 0 spiro atoms. The summed E-state index contributed by atoms with van der Waals surface area (Å²) in [5, 5.41) is 21.9. The fourth-order valence-corrected chi connectivity index (χ4v) is 3.71. The molecule has 1 aliphatic heterocycles. The Kier molecular flexibility index (Phi) is 5.51. The summed E-state index contributed by atoms with van der Waals surface area (Å²) in [5.74, 6) is -2.62. The fraction of sp³-hybridized carbons (Fsp3) is 0.0833. The second-order valence-corrected chi connectivity index (χ2v) is 7.27. The van der Waals surface area contributed by atoms with Gasteiger partial charge in [-0.05, 0) is 35.4 Å². The normalized spacial score (nSPS) is 17.5. The van der Waals surface area contributed by atoms with E-state index in [1.165, 1.54) is 53.4 Å². The number of likely N-dealkylation sites (tertiary alicyclic amines) is 1. The zero-order valence-corrected chi connectivity index (χ0v) is 16.6. The van der Waals surface area contributed by atoms with E-state index in [2.05, 4.69) is 0 Å². The largest absolute Gasteiger partial charge is 0.507 e. The van der Waals surface area contributed by atoms with E-state index >= 15 is 0 Å². The molecule has 0 bridgehead atoms. The SMILES string of the molecule is O=C1C(=O)N(Cc2ccccc2)C(c2ccc(F)cc2)/C1=C(\O)c1ccc([N+](=O)[O-])cc1. The minimum atomic E-state index is -0.953. The van der Waals surface area contributed by atoms with Crippen LogP contribution in [0.5, 0.6) is 0 Å². The van der Waals surface area contributed by atoms with E-state index in [-0.39, 0.29) is 23.4 Å². The van der Waals surface area contributed by atoms with Crippen molar-refractivity contribution in [3.8, 4) is 0 Å². The average Bonchev–Trinajstić information content (AvgIpc) is 3.05. The van der Waals surface area contributed by atoms with Crippen molar-refractivity contribution in [2.45, 2.75) is 12.6 Å². The van der Waals surface area contributed by atoms with E-state index < -0.39 is 34.2 Å². The van der Waals surface area contributed by atoms with Gasteiger partial charge in [0.2, 0.25) is 0 Å². The molecule has 4 rings (SSSR count). The number of hydrogen-bond acceptors (Lipinski definition) is 5. The average molecular weight is 432 g/mol. The van der Waals surface area contributed by atoms with Crippen LogP contribution in [0.15, 0.2) is 84.4 Å². The number of nitro benzene ring substituents is 1. The number of aliphatic hydroxyl groups is 1. The number of nitrogens with zero attached hydrogens (tertiary/aromatic N) is 2. The molecule has 1 saturated heterocycles. The first-order valence-corrected chi connectivity index (χ1v) is 9.69. The van der Waals surface area contributed by atoms with Gasteiger partial charge in [0, 0.05) is 24.2 Å². The van der Waals surface area contributed by atoms with Crippen LogP contribution in [0.4, 0.5) is 10.1 Å². The van der Waals surface area contributed by atoms with Crippen LogP contribution in [0.1, 0.15) is 22.7 Å². The van der Waals surface area contributed by atoms with Crippen molar-refractivity contribution in [1.82, 2.24) is 4.90 Å². The zero-order valence-electron chi connectivity index (χ0n) is 16.6. The number of Topliss-reactive ketones (excluding diaryl/α,β-unsaturated/α-hetero) is 1. The number of aliphatic hydroxyl groups excluding tert-OH is 1. The van der Waals surface area contributed by atoms with E-state index in [1.807, 2.05) is 6.07 Å². The highest BCUT2D eigenvalue weighted by Gasteiger charge is 2.46. The summed E-state index contributed by atoms with van der Waals surface area (Å²) in [5.41, 5.74) is 1.04. The van der Waals surface area contributed by atoms with Crippen molar-refractivity contribution in [3.05, 3.63) is 117 Å². The van der Waals surface area contributed by atoms with Crippen molar-refractivity contribution in [1.29, 1.82) is 0 Å². The molecule has 7 nitrogen and oxygen atoms in total. The maximum absolute atomic E-state index is 13.5. The van der Waals surface area contributed by atoms with Gasteiger partial charge in [0.15, 0.2) is 0 Å². The molecule has 3 aromatic carbocycles. The highest BCUT2D eigenvalue weighted by atomic mass is 19.1. The summed E-state index contributed by atoms with van der Waals surface area (Å²) in [4.78, 5) is 37.5. The van der Waals surface area contributed by atoms with Crippen LogP contribution in [0.25, 0.3) is 5.76 Å². The predicted octanol–water partition coefficient (Wildman–Crippen LogP) is 4.36. The van der Waals surface area contributed by atoms with Gasteiger partial charge in [-0.15, -0.1) is 0 Å². The Morgan fingerprint density at radius 1 is 0.969 bits per heavy atom. The Bertz CT molecular complexity index is 1220. The standard InChI is InChI=1S/C24H17FN2O5/c25-18-10-6-16(7-11-18)21-20(22(28)17-8-12-19(13-9-17)27(31)32)23(29)24(30)26(21)14-15-4-2-1-3-5-15/h1-13,21,28H,14H2/b22-20+. The van der Waals surface area contributed by atoms with Crippen molar-refractivity contribution < 1.29 is 24.0 Å². The van der Waals surface area contributed by atoms with Crippen molar-refractivity contribution in [3.63, 3.8) is 0 Å². The number of nitro groups is 1. The fourth-order valence-electron chi connectivity index (χ4n) is 3.71. The number of carbonyl (C=O) groups is 2. The number of rotatable bonds is 5. The van der Waals surface area contributed by atoms with Crippen LogP contribution in [0.3, 0.4) is 0 Å². The Labute approximate surface area is 182 Å². The molecule has 3 aromatic rings. The number of ketones is 1. The van der Waals surface area contributed by atoms with Crippen LogP contribution in [0, 0.1) is 15.9 Å². The Hall–Kier alpha value is -4.33. The molecule has 0 radical (unpaired) electrons. The second kappa shape index (κ2) is 8.43. The van der Waals surface area contributed by atoms with Crippen LogP contribution < -0.4 is 0 Å². The molecule has 1 fully saturated rings. The molecule has 1 amide bonds. The monoisotopic (exact) mass is 432 g/mol. The Morgan fingerprint density at radius 2 is 1.59 bits per heavy atom. The number of hydrogen-bond donors (Lipinski definition) is 1. The van der Waals surface area contributed by atoms with Gasteiger partial charge in [0.25, 0.3) is 17.4 Å². The molecular weight excluding hydrogens is 415 g/mol. The number of amides is 1. The lowest BCUT2D eigenvalue weighted by molar-refractivity contribution is -0.384. The van der Waals surface area contributed by atoms with Crippen LogP contribution >= 0.6 is 0 Å². The lowest BCUT2D eigenvalue weighted by Crippen LogP contribution is -2.29. The summed E-state index contributed by atoms with van der Waals surface area (Å²) in [6.45, 7) is 0.102. The van der Waals surface area contributed by atoms with Gasteiger partial charge in [0.1, 0.15) is 11.6 Å². The lowest BCUT2D eigenvalue weighted by atomic mass is 9.95. The van der Waals surface area contributed by atoms with E-state index in [9.17, 15) is 29.2 Å². The van der Waals surface area contributed by atoms with Gasteiger partial charge in [0.05, 0.1) is 16.5 Å². The molecule has 1 unspecified atom stereocenters. The minimum Gasteiger partial charge on any atom is -0.507 e. The summed E-state index contributed by atoms with van der Waals surface area (Å²) in [7, 11) is 0. The molecule has 0 aliphatic carbocycles. The zero-order chi connectivity index (χ0) is 22.8. The van der Waals surface area contributed by atoms with Crippen molar-refractivity contribution >= 4 is 23.1 Å². The minimum absolute atomic E-state index is 0.102. The third-order valence-electron chi connectivity index (χ3n) is 5.27. The topological polar surface area (TPSA) is 101 Å². The van der Waals surface area contributed by atoms with Crippen LogP contribution in [-0.4, -0.2) is 26.6 Å². The molecular formula is C24H17FN2O5. The molecule has 32 heavy (non-hydrogen) atoms. The van der Waals surface area contributed by atoms with Gasteiger partial charge in [-0.25, -0.2) is 4.39 Å². The van der Waals surface area contributed by atoms with Gasteiger partial charge < -0.3 is 10.0 Å². The van der Waals surface area contributed by atoms with Gasteiger partial charge >= 0.3 is 0 Å². The molecule has 160 valence electrons. The Balaban J connectivity index is 1.84. The molecule has 0 aromatic heterocycles. The quantitative estimate of drug-likeness (QED) is 0.212. The Morgan fingerprint density at radius 3 is 2.19 bits per heavy atom. The summed E-state index contributed by atoms with van der Waals surface area (Å²) in [6, 6.07) is 18.4. The van der Waals surface area contributed by atoms with E-state index in [1.54, 1.807) is 24.3 Å². The molecule has 1 aliphatic rings. The molecule has 1 atom stereocenters. The highest BCUT2D eigenvalue weighted by molar-refractivity contribution is 6.46. The van der Waals surface area contributed by atoms with Crippen LogP contribution in [-0.2, 0) is 16.1 Å². The number of benzene rings is 3. The third kappa shape index (κ3) is 3.85. The second-order valence-electron chi connectivity index (χ2n) is 7.27. The van der Waals surface area contributed by atoms with Gasteiger partial charge in [-0.3, -0.25) is 19.7 Å². The molecule has 1 heterocycles. The van der Waals surface area contributed by atoms with E-state index in [0.29, 0.717) is 5.56 Å². The first-order chi connectivity index (χ1) is 15.4. The molecule has 1 N–H and O–H groups in total. The number of carbonyl (C=O) groups excluding carboxylic acids is 2. The summed E-state index contributed by atoms with van der Waals surface area (Å²) in [6.07, 6.45) is 0. The highest BCUT2D eigenvalue weighted by Crippen LogP contribution is 2.40. The van der Waals surface area contributed by atoms with Crippen molar-refractivity contribution in [2.75, 3.05) is 0 Å². The third-order valence-corrected chi connectivity index (χ3v) is 5.27. The molecule has 8 heteroatoms. The smallest absolute Gasteiger partial charge is 0.295 e. The first-order valence-electron chi connectivity index (χ1n) is 9.69. The number of halogens is 1. The summed E-state index contributed by atoms with van der Waals surface area (Å²) < 4.78 is 13.5. The van der Waals surface area contributed by atoms with Crippen LogP contribution in [0.2, 0.25) is 0 Å². The summed E-state index contributed by atoms with van der Waals surface area (Å²) >= 11 is 0. The molecule has 0 saturated carbocycles.